The normalized spacial score (nSPS) is 37.4. The summed E-state index contributed by atoms with van der Waals surface area (Å²) in [4.78, 5) is 4.77. The zero-order valence-electron chi connectivity index (χ0n) is 13.0. The topological polar surface area (TPSA) is 66.6 Å². The lowest BCUT2D eigenvalue weighted by atomic mass is 9.92. The average Bonchev–Trinajstić information content (AvgIpc) is 2.84. The predicted octanol–water partition coefficient (Wildman–Crippen LogP) is 0.307. The molecule has 1 heterocycles. The molecular weight excluding hydrogens is 274 g/mol. The molecule has 20 heavy (non-hydrogen) atoms. The Morgan fingerprint density at radius 2 is 2.05 bits per heavy atom. The number of piperazine rings is 1. The Kier molecular flexibility index (Phi) is 4.79. The molecule has 2 N–H and O–H groups in total. The Hall–Kier alpha value is -0.170. The van der Waals surface area contributed by atoms with Crippen molar-refractivity contribution in [2.75, 3.05) is 39.5 Å². The van der Waals surface area contributed by atoms with Crippen molar-refractivity contribution in [1.82, 2.24) is 9.80 Å². The minimum Gasteiger partial charge on any atom is -0.329 e. The molecule has 6 heteroatoms. The predicted molar refractivity (Wildman–Crippen MR) is 82.6 cm³/mol. The molecule has 0 radical (unpaired) electrons. The molecule has 0 amide bonds. The highest BCUT2D eigenvalue weighted by Gasteiger charge is 2.51. The molecule has 0 bridgehead atoms. The fourth-order valence-electron chi connectivity index (χ4n) is 4.15. The van der Waals surface area contributed by atoms with Gasteiger partial charge in [-0.05, 0) is 26.3 Å². The van der Waals surface area contributed by atoms with Crippen LogP contribution in [-0.2, 0) is 9.84 Å². The van der Waals surface area contributed by atoms with E-state index in [1.165, 1.54) is 6.26 Å². The Morgan fingerprint density at radius 3 is 2.60 bits per heavy atom. The molecule has 2 fully saturated rings. The first kappa shape index (κ1) is 16.2. The third-order valence-electron chi connectivity index (χ3n) is 5.42. The summed E-state index contributed by atoms with van der Waals surface area (Å²) in [6, 6.07) is 0.507. The summed E-state index contributed by atoms with van der Waals surface area (Å²) in [5.41, 5.74) is 5.76. The van der Waals surface area contributed by atoms with Gasteiger partial charge in [0.05, 0.1) is 5.25 Å². The van der Waals surface area contributed by atoms with E-state index in [0.29, 0.717) is 12.6 Å². The van der Waals surface area contributed by atoms with Crippen LogP contribution in [0.5, 0.6) is 0 Å². The van der Waals surface area contributed by atoms with Crippen LogP contribution in [0.1, 0.15) is 32.6 Å². The maximum absolute atomic E-state index is 12.2. The molecule has 2 aliphatic rings. The second kappa shape index (κ2) is 5.91. The van der Waals surface area contributed by atoms with Gasteiger partial charge in [0.25, 0.3) is 0 Å². The molecule has 0 aromatic rings. The van der Waals surface area contributed by atoms with Gasteiger partial charge in [0.15, 0.2) is 9.84 Å². The maximum Gasteiger partial charge on any atom is 0.152 e. The van der Waals surface area contributed by atoms with Crippen molar-refractivity contribution in [1.29, 1.82) is 0 Å². The van der Waals surface area contributed by atoms with Crippen molar-refractivity contribution < 1.29 is 8.42 Å². The smallest absolute Gasteiger partial charge is 0.152 e. The monoisotopic (exact) mass is 303 g/mol. The SMILES string of the molecule is CCC1CN(C2(CN)CCCC2S(C)(=O)=O)CCN1C. The van der Waals surface area contributed by atoms with Gasteiger partial charge in [-0.15, -0.1) is 0 Å². The van der Waals surface area contributed by atoms with Crippen LogP contribution in [0, 0.1) is 0 Å². The fourth-order valence-corrected chi connectivity index (χ4v) is 5.91. The van der Waals surface area contributed by atoms with Crippen LogP contribution in [0.2, 0.25) is 0 Å². The highest BCUT2D eigenvalue weighted by molar-refractivity contribution is 7.91. The van der Waals surface area contributed by atoms with Gasteiger partial charge in [-0.1, -0.05) is 13.3 Å². The minimum absolute atomic E-state index is 0.291. The van der Waals surface area contributed by atoms with Crippen LogP contribution in [0.15, 0.2) is 0 Å². The molecule has 3 atom stereocenters. The lowest BCUT2D eigenvalue weighted by molar-refractivity contribution is 0.0164. The first-order chi connectivity index (χ1) is 9.35. The van der Waals surface area contributed by atoms with Gasteiger partial charge in [0.1, 0.15) is 0 Å². The summed E-state index contributed by atoms with van der Waals surface area (Å²) in [5, 5.41) is -0.291. The molecule has 118 valence electrons. The van der Waals surface area contributed by atoms with E-state index in [0.717, 1.165) is 45.3 Å². The van der Waals surface area contributed by atoms with E-state index in [-0.39, 0.29) is 10.8 Å². The lowest BCUT2D eigenvalue weighted by Crippen LogP contribution is -2.66. The molecule has 1 aliphatic carbocycles. The average molecular weight is 303 g/mol. The van der Waals surface area contributed by atoms with Gasteiger partial charge in [0.2, 0.25) is 0 Å². The first-order valence-corrected chi connectivity index (χ1v) is 9.65. The number of hydrogen-bond acceptors (Lipinski definition) is 5. The standard InChI is InChI=1S/C14H29N3O2S/c1-4-12-10-17(9-8-16(12)2)14(11-15)7-5-6-13(14)20(3,18)19/h12-13H,4-11,15H2,1-3H3. The molecule has 0 spiro atoms. The maximum atomic E-state index is 12.2. The van der Waals surface area contributed by atoms with E-state index in [1.807, 2.05) is 0 Å². The van der Waals surface area contributed by atoms with E-state index in [9.17, 15) is 8.42 Å². The van der Waals surface area contributed by atoms with Crippen LogP contribution in [0.25, 0.3) is 0 Å². The summed E-state index contributed by atoms with van der Waals surface area (Å²) >= 11 is 0. The van der Waals surface area contributed by atoms with Crippen molar-refractivity contribution in [2.24, 2.45) is 5.73 Å². The second-order valence-corrected chi connectivity index (χ2v) is 8.73. The fraction of sp³-hybridized carbons (Fsp3) is 1.00. The second-order valence-electron chi connectivity index (χ2n) is 6.51. The van der Waals surface area contributed by atoms with Gasteiger partial charge in [-0.3, -0.25) is 4.90 Å². The molecule has 1 aliphatic heterocycles. The van der Waals surface area contributed by atoms with Crippen molar-refractivity contribution >= 4 is 9.84 Å². The van der Waals surface area contributed by atoms with Gasteiger partial charge < -0.3 is 10.6 Å². The molecule has 0 aromatic carbocycles. The van der Waals surface area contributed by atoms with Gasteiger partial charge in [-0.2, -0.15) is 0 Å². The molecule has 0 aromatic heterocycles. The van der Waals surface area contributed by atoms with E-state index in [2.05, 4.69) is 23.8 Å². The van der Waals surface area contributed by atoms with Gasteiger partial charge in [-0.25, -0.2) is 8.42 Å². The van der Waals surface area contributed by atoms with Crippen molar-refractivity contribution in [2.45, 2.75) is 49.4 Å². The number of hydrogen-bond donors (Lipinski definition) is 1. The van der Waals surface area contributed by atoms with Crippen molar-refractivity contribution in [3.8, 4) is 0 Å². The van der Waals surface area contributed by atoms with Crippen LogP contribution in [0.4, 0.5) is 0 Å². The highest BCUT2D eigenvalue weighted by atomic mass is 32.2. The molecule has 3 unspecified atom stereocenters. The summed E-state index contributed by atoms with van der Waals surface area (Å²) < 4.78 is 24.3. The van der Waals surface area contributed by atoms with E-state index < -0.39 is 9.84 Å². The van der Waals surface area contributed by atoms with E-state index >= 15 is 0 Å². The Labute approximate surface area is 123 Å². The molecular formula is C14H29N3O2S. The largest absolute Gasteiger partial charge is 0.329 e. The summed E-state index contributed by atoms with van der Waals surface area (Å²) in [6.45, 7) is 5.51. The highest BCUT2D eigenvalue weighted by Crippen LogP contribution is 2.40. The summed E-state index contributed by atoms with van der Waals surface area (Å²) in [5.74, 6) is 0. The van der Waals surface area contributed by atoms with Crippen LogP contribution < -0.4 is 5.73 Å². The Balaban J connectivity index is 2.27. The third-order valence-corrected chi connectivity index (χ3v) is 7.13. The summed E-state index contributed by atoms with van der Waals surface area (Å²) in [6.07, 6.45) is 5.12. The number of sulfone groups is 1. The Bertz CT molecular complexity index is 440. The van der Waals surface area contributed by atoms with E-state index in [4.69, 9.17) is 5.73 Å². The van der Waals surface area contributed by atoms with Gasteiger partial charge >= 0.3 is 0 Å². The van der Waals surface area contributed by atoms with Crippen LogP contribution in [0.3, 0.4) is 0 Å². The van der Waals surface area contributed by atoms with Crippen LogP contribution >= 0.6 is 0 Å². The van der Waals surface area contributed by atoms with E-state index in [1.54, 1.807) is 0 Å². The molecule has 2 rings (SSSR count). The summed E-state index contributed by atoms with van der Waals surface area (Å²) in [7, 11) is -0.889. The number of rotatable bonds is 4. The Morgan fingerprint density at radius 1 is 1.35 bits per heavy atom. The molecule has 5 nitrogen and oxygen atoms in total. The quantitative estimate of drug-likeness (QED) is 0.809. The molecule has 1 saturated heterocycles. The zero-order chi connectivity index (χ0) is 15.0. The lowest BCUT2D eigenvalue weighted by Gasteiger charge is -2.50. The minimum atomic E-state index is -3.04. The zero-order valence-corrected chi connectivity index (χ0v) is 13.8. The van der Waals surface area contributed by atoms with Crippen LogP contribution in [-0.4, -0.2) is 74.5 Å². The first-order valence-electron chi connectivity index (χ1n) is 7.69. The number of likely N-dealkylation sites (N-methyl/N-ethyl adjacent to an activating group) is 1. The van der Waals surface area contributed by atoms with Gasteiger partial charge in [0, 0.05) is 44.0 Å². The molecule has 1 saturated carbocycles. The van der Waals surface area contributed by atoms with Crippen molar-refractivity contribution in [3.05, 3.63) is 0 Å². The van der Waals surface area contributed by atoms with Crippen molar-refractivity contribution in [3.63, 3.8) is 0 Å². The number of nitrogens with zero attached hydrogens (tertiary/aromatic N) is 2. The number of nitrogens with two attached hydrogens (primary N) is 1. The third kappa shape index (κ3) is 2.75.